The van der Waals surface area contributed by atoms with Crippen molar-refractivity contribution < 1.29 is 18.6 Å². The van der Waals surface area contributed by atoms with Crippen LogP contribution in [0.3, 0.4) is 0 Å². The molecule has 0 unspecified atom stereocenters. The number of ether oxygens (including phenoxy) is 1. The Balaban J connectivity index is 2.14. The molecule has 0 aliphatic rings. The monoisotopic (exact) mass is 264 g/mol. The maximum Gasteiger partial charge on any atom is 0.132 e. The molecule has 0 fully saturated rings. The molecule has 0 spiro atoms. The van der Waals surface area contributed by atoms with E-state index in [4.69, 9.17) is 4.74 Å². The topological polar surface area (TPSA) is 29.5 Å². The highest BCUT2D eigenvalue weighted by atomic mass is 19.1. The van der Waals surface area contributed by atoms with E-state index in [9.17, 15) is 13.9 Å². The first-order chi connectivity index (χ1) is 9.10. The third-order valence-corrected chi connectivity index (χ3v) is 2.78. The number of hydrogen-bond donors (Lipinski definition) is 1. The molecule has 0 saturated heterocycles. The molecule has 0 bridgehead atoms. The van der Waals surface area contributed by atoms with Gasteiger partial charge in [0.1, 0.15) is 24.0 Å². The van der Waals surface area contributed by atoms with Crippen LogP contribution in [0.1, 0.15) is 16.7 Å². The molecule has 0 heterocycles. The Morgan fingerprint density at radius 1 is 1.05 bits per heavy atom. The molecule has 1 N–H and O–H groups in total. The molecule has 0 saturated carbocycles. The van der Waals surface area contributed by atoms with Crippen molar-refractivity contribution in [3.05, 3.63) is 64.7 Å². The average Bonchev–Trinajstić information content (AvgIpc) is 2.39. The van der Waals surface area contributed by atoms with Gasteiger partial charge in [-0.1, -0.05) is 17.7 Å². The van der Waals surface area contributed by atoms with Crippen LogP contribution < -0.4 is 4.74 Å². The van der Waals surface area contributed by atoms with Gasteiger partial charge in [-0.15, -0.1) is 0 Å². The molecule has 100 valence electrons. The van der Waals surface area contributed by atoms with E-state index in [0.717, 1.165) is 11.6 Å². The minimum atomic E-state index is -0.641. The first-order valence-electron chi connectivity index (χ1n) is 5.87. The number of aliphatic hydroxyl groups is 1. The summed E-state index contributed by atoms with van der Waals surface area (Å²) in [6.07, 6.45) is 0. The van der Waals surface area contributed by atoms with Crippen molar-refractivity contribution in [2.24, 2.45) is 0 Å². The van der Waals surface area contributed by atoms with Gasteiger partial charge in [0.25, 0.3) is 0 Å². The zero-order chi connectivity index (χ0) is 13.8. The largest absolute Gasteiger partial charge is 0.488 e. The maximum absolute atomic E-state index is 13.4. The van der Waals surface area contributed by atoms with Crippen LogP contribution in [0.15, 0.2) is 36.4 Å². The number of halogens is 2. The summed E-state index contributed by atoms with van der Waals surface area (Å²) in [5, 5.41) is 9.23. The van der Waals surface area contributed by atoms with Crippen LogP contribution in [0.25, 0.3) is 0 Å². The van der Waals surface area contributed by atoms with Gasteiger partial charge < -0.3 is 9.84 Å². The lowest BCUT2D eigenvalue weighted by atomic mass is 10.1. The van der Waals surface area contributed by atoms with Gasteiger partial charge >= 0.3 is 0 Å². The summed E-state index contributed by atoms with van der Waals surface area (Å²) in [7, 11) is 0. The van der Waals surface area contributed by atoms with Crippen molar-refractivity contribution >= 4 is 0 Å². The Bertz CT molecular complexity index is 582. The number of benzene rings is 2. The highest BCUT2D eigenvalue weighted by molar-refractivity contribution is 5.36. The lowest BCUT2D eigenvalue weighted by Crippen LogP contribution is -2.01. The molecule has 4 heteroatoms. The quantitative estimate of drug-likeness (QED) is 0.917. The first kappa shape index (κ1) is 13.5. The fourth-order valence-electron chi connectivity index (χ4n) is 1.77. The highest BCUT2D eigenvalue weighted by Gasteiger charge is 2.07. The molecule has 0 aliphatic carbocycles. The molecule has 2 nitrogen and oxygen atoms in total. The second-order valence-electron chi connectivity index (χ2n) is 4.29. The summed E-state index contributed by atoms with van der Waals surface area (Å²) in [5.41, 5.74) is 1.91. The van der Waals surface area contributed by atoms with Gasteiger partial charge in [0.2, 0.25) is 0 Å². The van der Waals surface area contributed by atoms with Crippen LogP contribution in [0.2, 0.25) is 0 Å². The van der Waals surface area contributed by atoms with Crippen LogP contribution >= 0.6 is 0 Å². The zero-order valence-corrected chi connectivity index (χ0v) is 10.5. The van der Waals surface area contributed by atoms with Gasteiger partial charge in [0.15, 0.2) is 0 Å². The van der Waals surface area contributed by atoms with Gasteiger partial charge in [0, 0.05) is 17.2 Å². The van der Waals surface area contributed by atoms with Crippen molar-refractivity contribution in [3.8, 4) is 5.75 Å². The number of hydrogen-bond acceptors (Lipinski definition) is 2. The predicted molar refractivity (Wildman–Crippen MR) is 67.8 cm³/mol. The second-order valence-corrected chi connectivity index (χ2v) is 4.29. The molecule has 19 heavy (non-hydrogen) atoms. The molecule has 2 rings (SSSR count). The van der Waals surface area contributed by atoms with Crippen LogP contribution in [-0.2, 0) is 13.2 Å². The van der Waals surface area contributed by atoms with Gasteiger partial charge in [-0.05, 0) is 25.1 Å². The Labute approximate surface area is 110 Å². The van der Waals surface area contributed by atoms with Crippen LogP contribution in [0.4, 0.5) is 8.78 Å². The van der Waals surface area contributed by atoms with E-state index in [2.05, 4.69) is 0 Å². The van der Waals surface area contributed by atoms with Gasteiger partial charge in [-0.25, -0.2) is 8.78 Å². The van der Waals surface area contributed by atoms with Crippen LogP contribution in [-0.4, -0.2) is 5.11 Å². The Hall–Kier alpha value is -1.94. The molecule has 2 aromatic rings. The summed E-state index contributed by atoms with van der Waals surface area (Å²) in [6.45, 7) is 1.74. The Kier molecular flexibility index (Phi) is 4.12. The van der Waals surface area contributed by atoms with Crippen molar-refractivity contribution in [2.45, 2.75) is 20.1 Å². The number of rotatable bonds is 4. The predicted octanol–water partition coefficient (Wildman–Crippen LogP) is 3.34. The van der Waals surface area contributed by atoms with E-state index < -0.39 is 11.6 Å². The van der Waals surface area contributed by atoms with Crippen molar-refractivity contribution in [2.75, 3.05) is 0 Å². The molecule has 0 aromatic heterocycles. The SMILES string of the molecule is Cc1ccc(OCc2ccc(F)cc2F)c(CO)c1. The van der Waals surface area contributed by atoms with Crippen LogP contribution in [0.5, 0.6) is 5.75 Å². The summed E-state index contributed by atoms with van der Waals surface area (Å²) < 4.78 is 31.7. The van der Waals surface area contributed by atoms with Crippen molar-refractivity contribution in [3.63, 3.8) is 0 Å². The van der Waals surface area contributed by atoms with Gasteiger partial charge in [-0.2, -0.15) is 0 Å². The normalized spacial score (nSPS) is 10.5. The van der Waals surface area contributed by atoms with E-state index in [0.29, 0.717) is 11.3 Å². The van der Waals surface area contributed by atoms with Crippen molar-refractivity contribution in [1.29, 1.82) is 0 Å². The standard InChI is InChI=1S/C15H14F2O2/c1-10-2-5-15(12(6-10)8-18)19-9-11-3-4-13(16)7-14(11)17/h2-7,18H,8-9H2,1H3. The Morgan fingerprint density at radius 2 is 1.84 bits per heavy atom. The second kappa shape index (κ2) is 5.80. The molecule has 0 aliphatic heterocycles. The van der Waals surface area contributed by atoms with Gasteiger partial charge in [-0.3, -0.25) is 0 Å². The van der Waals surface area contributed by atoms with E-state index in [1.165, 1.54) is 12.1 Å². The molecule has 0 radical (unpaired) electrons. The first-order valence-corrected chi connectivity index (χ1v) is 5.87. The van der Waals surface area contributed by atoms with Crippen molar-refractivity contribution in [1.82, 2.24) is 0 Å². The summed E-state index contributed by atoms with van der Waals surface area (Å²) in [6, 6.07) is 8.72. The average molecular weight is 264 g/mol. The summed E-state index contributed by atoms with van der Waals surface area (Å²) in [4.78, 5) is 0. The summed E-state index contributed by atoms with van der Waals surface area (Å²) in [5.74, 6) is -0.762. The third kappa shape index (κ3) is 3.29. The highest BCUT2D eigenvalue weighted by Crippen LogP contribution is 2.22. The lowest BCUT2D eigenvalue weighted by Gasteiger charge is -2.11. The van der Waals surface area contributed by atoms with Gasteiger partial charge in [0.05, 0.1) is 6.61 Å². The van der Waals surface area contributed by atoms with E-state index in [1.54, 1.807) is 12.1 Å². The minimum Gasteiger partial charge on any atom is -0.488 e. The fourth-order valence-corrected chi connectivity index (χ4v) is 1.77. The smallest absolute Gasteiger partial charge is 0.132 e. The minimum absolute atomic E-state index is 0.0117. The molecular formula is C15H14F2O2. The molecule has 0 amide bonds. The molecular weight excluding hydrogens is 250 g/mol. The summed E-state index contributed by atoms with van der Waals surface area (Å²) >= 11 is 0. The zero-order valence-electron chi connectivity index (χ0n) is 10.5. The fraction of sp³-hybridized carbons (Fsp3) is 0.200. The van der Waals surface area contributed by atoms with Crippen LogP contribution in [0, 0.1) is 18.6 Å². The number of aliphatic hydroxyl groups excluding tert-OH is 1. The number of aryl methyl sites for hydroxylation is 1. The van der Waals surface area contributed by atoms with E-state index in [-0.39, 0.29) is 18.8 Å². The Morgan fingerprint density at radius 3 is 2.53 bits per heavy atom. The van der Waals surface area contributed by atoms with E-state index in [1.807, 2.05) is 13.0 Å². The van der Waals surface area contributed by atoms with E-state index >= 15 is 0 Å². The molecule has 0 atom stereocenters. The lowest BCUT2D eigenvalue weighted by molar-refractivity contribution is 0.257. The molecule has 2 aromatic carbocycles. The third-order valence-electron chi connectivity index (χ3n) is 2.78. The maximum atomic E-state index is 13.4.